The van der Waals surface area contributed by atoms with Crippen molar-refractivity contribution < 1.29 is 29.6 Å². The Labute approximate surface area is 305 Å². The number of ether oxygens (including phenoxy) is 2. The number of rotatable bonds is 13. The lowest BCUT2D eigenvalue weighted by Crippen LogP contribution is -2.44. The van der Waals surface area contributed by atoms with Gasteiger partial charge in [-0.05, 0) is 64.2 Å². The molecule has 1 fully saturated rings. The summed E-state index contributed by atoms with van der Waals surface area (Å²) in [5.41, 5.74) is 7.45. The number of nitrogens with zero attached hydrogens (tertiary/aromatic N) is 1. The minimum Gasteiger partial charge on any atom is -0.508 e. The molecular weight excluding hydrogens is 654 g/mol. The standard InChI is InChI=1S/C43H47N3O6/c1-29-40(27-46(2)26-39(49)37-12-7-13-38(48)23-37)51-42(52-41(29)34-16-14-31(28-47)15-17-34)35-20-18-33(19-21-35)36-11-6-10-32(22-36)25-45-43(50)44-24-30-8-4-3-5-9-30/h3-23,29,39-42,47-49H,24-28H2,1-2H3,(H2,44,45,50). The number of phenolic OH excluding ortho intramolecular Hbond substituents is 1. The molecule has 0 aliphatic carbocycles. The highest BCUT2D eigenvalue weighted by Crippen LogP contribution is 2.42. The fourth-order valence-electron chi connectivity index (χ4n) is 6.56. The number of aromatic hydroxyl groups is 1. The van der Waals surface area contributed by atoms with Crippen molar-refractivity contribution in [1.82, 2.24) is 15.5 Å². The fourth-order valence-corrected chi connectivity index (χ4v) is 6.56. The lowest BCUT2D eigenvalue weighted by atomic mass is 9.90. The van der Waals surface area contributed by atoms with E-state index >= 15 is 0 Å². The monoisotopic (exact) mass is 701 g/mol. The summed E-state index contributed by atoms with van der Waals surface area (Å²) < 4.78 is 13.3. The first-order chi connectivity index (χ1) is 25.2. The number of nitrogens with one attached hydrogen (secondary N) is 2. The zero-order valence-electron chi connectivity index (χ0n) is 29.6. The molecule has 0 radical (unpaired) electrons. The van der Waals surface area contributed by atoms with E-state index in [0.29, 0.717) is 31.7 Å². The maximum atomic E-state index is 12.4. The number of phenols is 1. The number of amides is 2. The first-order valence-electron chi connectivity index (χ1n) is 17.7. The number of urea groups is 1. The third-order valence-electron chi connectivity index (χ3n) is 9.55. The van der Waals surface area contributed by atoms with Crippen LogP contribution in [0.2, 0.25) is 0 Å². The van der Waals surface area contributed by atoms with Crippen LogP contribution in [0.15, 0.2) is 127 Å². The van der Waals surface area contributed by atoms with Gasteiger partial charge in [-0.2, -0.15) is 0 Å². The number of hydrogen-bond acceptors (Lipinski definition) is 7. The fraction of sp³-hybridized carbons (Fsp3) is 0.279. The lowest BCUT2D eigenvalue weighted by molar-refractivity contribution is -0.276. The van der Waals surface area contributed by atoms with E-state index in [1.165, 1.54) is 0 Å². The van der Waals surface area contributed by atoms with Crippen LogP contribution in [0.1, 0.15) is 58.8 Å². The summed E-state index contributed by atoms with van der Waals surface area (Å²) in [7, 11) is 1.95. The van der Waals surface area contributed by atoms with Crippen molar-refractivity contribution in [2.24, 2.45) is 5.92 Å². The van der Waals surface area contributed by atoms with Gasteiger partial charge >= 0.3 is 6.03 Å². The summed E-state index contributed by atoms with van der Waals surface area (Å²) >= 11 is 0. The average Bonchev–Trinajstić information content (AvgIpc) is 3.17. The Morgan fingerprint density at radius 3 is 2.13 bits per heavy atom. The molecule has 1 aliphatic heterocycles. The minimum absolute atomic E-state index is 0.0207. The van der Waals surface area contributed by atoms with Crippen LogP contribution < -0.4 is 10.6 Å². The Morgan fingerprint density at radius 2 is 1.42 bits per heavy atom. The second-order valence-corrected chi connectivity index (χ2v) is 13.5. The van der Waals surface area contributed by atoms with Crippen molar-refractivity contribution in [3.05, 3.63) is 161 Å². The zero-order chi connectivity index (χ0) is 36.5. The molecule has 0 bridgehead atoms. The molecule has 9 nitrogen and oxygen atoms in total. The molecule has 0 spiro atoms. The van der Waals surface area contributed by atoms with Gasteiger partial charge in [-0.15, -0.1) is 0 Å². The lowest BCUT2D eigenvalue weighted by Gasteiger charge is -2.42. The summed E-state index contributed by atoms with van der Waals surface area (Å²) in [6, 6.07) is 40.4. The largest absolute Gasteiger partial charge is 0.508 e. The molecule has 5 atom stereocenters. The number of aliphatic hydroxyl groups is 2. The zero-order valence-corrected chi connectivity index (χ0v) is 29.6. The maximum Gasteiger partial charge on any atom is 0.315 e. The molecule has 5 aromatic rings. The first-order valence-corrected chi connectivity index (χ1v) is 17.7. The van der Waals surface area contributed by atoms with Gasteiger partial charge in [0.15, 0.2) is 6.29 Å². The Bertz CT molecular complexity index is 1890. The highest BCUT2D eigenvalue weighted by molar-refractivity contribution is 5.74. The van der Waals surface area contributed by atoms with Crippen LogP contribution in [0, 0.1) is 5.92 Å². The molecule has 2 amide bonds. The molecule has 1 saturated heterocycles. The molecule has 0 saturated carbocycles. The summed E-state index contributed by atoms with van der Waals surface area (Å²) in [5, 5.41) is 36.3. The number of likely N-dealkylation sites (N-methyl/N-ethyl adjacent to an activating group) is 1. The summed E-state index contributed by atoms with van der Waals surface area (Å²) in [6.07, 6.45) is -1.90. The van der Waals surface area contributed by atoms with Gasteiger partial charge in [0, 0.05) is 37.7 Å². The summed E-state index contributed by atoms with van der Waals surface area (Å²) in [4.78, 5) is 14.5. The Hall–Kier alpha value is -5.03. The van der Waals surface area contributed by atoms with Crippen molar-refractivity contribution in [3.8, 4) is 16.9 Å². The number of hydrogen-bond donors (Lipinski definition) is 5. The van der Waals surface area contributed by atoms with Gasteiger partial charge in [0.1, 0.15) is 5.75 Å². The van der Waals surface area contributed by atoms with Gasteiger partial charge in [-0.25, -0.2) is 4.79 Å². The third-order valence-corrected chi connectivity index (χ3v) is 9.55. The van der Waals surface area contributed by atoms with Crippen molar-refractivity contribution >= 4 is 6.03 Å². The van der Waals surface area contributed by atoms with E-state index in [2.05, 4.69) is 35.8 Å². The second kappa shape index (κ2) is 17.5. The highest BCUT2D eigenvalue weighted by Gasteiger charge is 2.39. The molecule has 9 heteroatoms. The average molecular weight is 702 g/mol. The van der Waals surface area contributed by atoms with Crippen molar-refractivity contribution in [3.63, 3.8) is 0 Å². The number of benzene rings is 5. The van der Waals surface area contributed by atoms with Crippen LogP contribution in [0.3, 0.4) is 0 Å². The molecule has 52 heavy (non-hydrogen) atoms. The molecule has 270 valence electrons. The van der Waals surface area contributed by atoms with Crippen LogP contribution in [-0.2, 0) is 29.2 Å². The number of carbonyl (C=O) groups is 1. The summed E-state index contributed by atoms with van der Waals surface area (Å²) in [5.74, 6) is 0.0982. The number of carbonyl (C=O) groups excluding carboxylic acids is 1. The minimum atomic E-state index is -0.775. The van der Waals surface area contributed by atoms with Gasteiger partial charge in [0.2, 0.25) is 0 Å². The van der Waals surface area contributed by atoms with E-state index in [9.17, 15) is 20.1 Å². The number of aliphatic hydroxyl groups excluding tert-OH is 2. The highest BCUT2D eigenvalue weighted by atomic mass is 16.7. The molecule has 0 aromatic heterocycles. The molecule has 5 aromatic carbocycles. The van der Waals surface area contributed by atoms with E-state index in [1.807, 2.05) is 96.9 Å². The molecule has 5 N–H and O–H groups in total. The third kappa shape index (κ3) is 9.64. The summed E-state index contributed by atoms with van der Waals surface area (Å²) in [6.45, 7) is 3.85. The van der Waals surface area contributed by atoms with Crippen molar-refractivity contribution in [2.45, 2.75) is 51.2 Å². The van der Waals surface area contributed by atoms with Crippen LogP contribution in [0.5, 0.6) is 5.75 Å². The predicted octanol–water partition coefficient (Wildman–Crippen LogP) is 7.01. The quantitative estimate of drug-likeness (QED) is 0.0896. The molecular formula is C43H47N3O6. The van der Waals surface area contributed by atoms with E-state index in [4.69, 9.17) is 9.47 Å². The molecule has 1 aliphatic rings. The van der Waals surface area contributed by atoms with Crippen molar-refractivity contribution in [1.29, 1.82) is 0 Å². The van der Waals surface area contributed by atoms with Crippen LogP contribution in [-0.4, -0.2) is 52.5 Å². The van der Waals surface area contributed by atoms with Crippen molar-refractivity contribution in [2.75, 3.05) is 20.1 Å². The Balaban J connectivity index is 1.13. The van der Waals surface area contributed by atoms with E-state index < -0.39 is 12.4 Å². The smallest absolute Gasteiger partial charge is 0.315 e. The molecule has 6 rings (SSSR count). The molecule has 1 heterocycles. The Morgan fingerprint density at radius 1 is 0.750 bits per heavy atom. The molecule has 5 unspecified atom stereocenters. The van der Waals surface area contributed by atoms with E-state index in [1.54, 1.807) is 24.3 Å². The normalized spacial score (nSPS) is 19.2. The van der Waals surface area contributed by atoms with Crippen LogP contribution in [0.4, 0.5) is 4.79 Å². The van der Waals surface area contributed by atoms with Gasteiger partial charge in [0.25, 0.3) is 0 Å². The second-order valence-electron chi connectivity index (χ2n) is 13.5. The van der Waals surface area contributed by atoms with Crippen LogP contribution >= 0.6 is 0 Å². The van der Waals surface area contributed by atoms with Gasteiger partial charge in [-0.1, -0.05) is 116 Å². The predicted molar refractivity (Wildman–Crippen MR) is 201 cm³/mol. The first kappa shape index (κ1) is 36.8. The van der Waals surface area contributed by atoms with Gasteiger partial charge in [0.05, 0.1) is 24.9 Å². The van der Waals surface area contributed by atoms with E-state index in [0.717, 1.165) is 38.9 Å². The van der Waals surface area contributed by atoms with Gasteiger partial charge < -0.3 is 40.3 Å². The Kier molecular flexibility index (Phi) is 12.3. The topological polar surface area (TPSA) is 124 Å². The van der Waals surface area contributed by atoms with Gasteiger partial charge in [-0.3, -0.25) is 0 Å². The van der Waals surface area contributed by atoms with E-state index in [-0.39, 0.29) is 36.5 Å². The SMILES string of the molecule is CC1C(CN(C)CC(O)c2cccc(O)c2)OC(c2ccc(-c3cccc(CNC(=O)NCc4ccccc4)c3)cc2)OC1c1ccc(CO)cc1. The van der Waals surface area contributed by atoms with Crippen LogP contribution in [0.25, 0.3) is 11.1 Å². The maximum absolute atomic E-state index is 12.4.